The summed E-state index contributed by atoms with van der Waals surface area (Å²) in [6.45, 7) is -0.465. The molecule has 0 saturated carbocycles. The quantitative estimate of drug-likeness (QED) is 0.336. The van der Waals surface area contributed by atoms with Crippen molar-refractivity contribution in [1.82, 2.24) is 4.57 Å². The number of aromatic nitrogens is 1. The number of phosphoric acid groups is 1. The van der Waals surface area contributed by atoms with Gasteiger partial charge in [0, 0.05) is 27.2 Å². The molecule has 3 aromatic rings. The molecule has 0 fully saturated rings. The first-order valence-corrected chi connectivity index (χ1v) is 11.7. The number of halogens is 1. The van der Waals surface area contributed by atoms with E-state index in [0.717, 1.165) is 4.47 Å². The Morgan fingerprint density at radius 1 is 1.24 bits per heavy atom. The first-order valence-electron chi connectivity index (χ1n) is 9.41. The SMILES string of the molecule is COc1ccc(C#N)cc1C=C(C#N)c1cn(C(=O)CCOP(=O)(O)O)c2ccc(Br)cc12. The average Bonchev–Trinajstić information content (AvgIpc) is 3.14. The van der Waals surface area contributed by atoms with Crippen molar-refractivity contribution in [2.75, 3.05) is 13.7 Å². The lowest BCUT2D eigenvalue weighted by Gasteiger charge is -2.06. The van der Waals surface area contributed by atoms with Crippen LogP contribution >= 0.6 is 23.8 Å². The van der Waals surface area contributed by atoms with Gasteiger partial charge in [-0.1, -0.05) is 15.9 Å². The predicted molar refractivity (Wildman–Crippen MR) is 124 cm³/mol. The molecule has 168 valence electrons. The Morgan fingerprint density at radius 3 is 2.64 bits per heavy atom. The summed E-state index contributed by atoms with van der Waals surface area (Å²) >= 11 is 3.40. The number of fused-ring (bicyclic) bond motifs is 1. The number of carbonyl (C=O) groups is 1. The van der Waals surface area contributed by atoms with Crippen LogP contribution in [0.2, 0.25) is 0 Å². The molecule has 0 atom stereocenters. The van der Waals surface area contributed by atoms with E-state index in [2.05, 4.69) is 26.5 Å². The van der Waals surface area contributed by atoms with Gasteiger partial charge in [-0.15, -0.1) is 0 Å². The van der Waals surface area contributed by atoms with Crippen LogP contribution < -0.4 is 4.74 Å². The van der Waals surface area contributed by atoms with Crippen molar-refractivity contribution >= 4 is 52.2 Å². The molecule has 0 aliphatic carbocycles. The second-order valence-corrected chi connectivity index (χ2v) is 8.94. The number of allylic oxidation sites excluding steroid dienone is 1. The summed E-state index contributed by atoms with van der Waals surface area (Å²) in [4.78, 5) is 30.4. The molecule has 0 unspecified atom stereocenters. The Kier molecular flexibility index (Phi) is 7.50. The van der Waals surface area contributed by atoms with Crippen LogP contribution in [0.25, 0.3) is 22.6 Å². The molecule has 2 N–H and O–H groups in total. The van der Waals surface area contributed by atoms with Gasteiger partial charge in [-0.05, 0) is 42.5 Å². The number of hydrogen-bond donors (Lipinski definition) is 2. The summed E-state index contributed by atoms with van der Waals surface area (Å²) < 4.78 is 22.6. The van der Waals surface area contributed by atoms with Gasteiger partial charge >= 0.3 is 7.82 Å². The summed E-state index contributed by atoms with van der Waals surface area (Å²) in [5, 5.41) is 19.7. The number of rotatable bonds is 7. The maximum absolute atomic E-state index is 12.8. The highest BCUT2D eigenvalue weighted by Gasteiger charge is 2.19. The van der Waals surface area contributed by atoms with Gasteiger partial charge in [-0.3, -0.25) is 13.9 Å². The lowest BCUT2D eigenvalue weighted by atomic mass is 10.0. The van der Waals surface area contributed by atoms with Crippen LogP contribution in [0.4, 0.5) is 0 Å². The molecule has 0 spiro atoms. The van der Waals surface area contributed by atoms with E-state index < -0.39 is 20.3 Å². The second-order valence-electron chi connectivity index (χ2n) is 6.78. The van der Waals surface area contributed by atoms with Gasteiger partial charge in [0.1, 0.15) is 5.75 Å². The van der Waals surface area contributed by atoms with Crippen molar-refractivity contribution in [2.45, 2.75) is 6.42 Å². The smallest absolute Gasteiger partial charge is 0.469 e. The minimum absolute atomic E-state index is 0.226. The fourth-order valence-electron chi connectivity index (χ4n) is 3.24. The maximum Gasteiger partial charge on any atom is 0.469 e. The number of carbonyl (C=O) groups excluding carboxylic acids is 1. The third-order valence-corrected chi connectivity index (χ3v) is 5.69. The van der Waals surface area contributed by atoms with Gasteiger partial charge in [0.2, 0.25) is 5.91 Å². The standard InChI is InChI=1S/C22H17BrN3O6P/c1-31-21-5-2-14(11-24)8-15(21)9-16(12-25)19-13-26(20-4-3-17(23)10-18(19)20)22(27)6-7-32-33(28,29)30/h2-5,8-10,13H,6-7H2,1H3,(H2,28,29,30). The molecule has 0 saturated heterocycles. The van der Waals surface area contributed by atoms with Gasteiger partial charge in [0.25, 0.3) is 0 Å². The molecular formula is C22H17BrN3O6P. The van der Waals surface area contributed by atoms with Crippen LogP contribution in [0, 0.1) is 22.7 Å². The van der Waals surface area contributed by atoms with Crippen molar-refractivity contribution in [2.24, 2.45) is 0 Å². The number of benzene rings is 2. The average molecular weight is 530 g/mol. The fraction of sp³-hybridized carbons (Fsp3) is 0.136. The minimum Gasteiger partial charge on any atom is -0.496 e. The largest absolute Gasteiger partial charge is 0.496 e. The van der Waals surface area contributed by atoms with E-state index >= 15 is 0 Å². The number of phosphoric ester groups is 1. The summed E-state index contributed by atoms with van der Waals surface area (Å²) in [7, 11) is -3.21. The van der Waals surface area contributed by atoms with Crippen molar-refractivity contribution in [3.8, 4) is 17.9 Å². The number of methoxy groups -OCH3 is 1. The van der Waals surface area contributed by atoms with Crippen molar-refractivity contribution in [3.05, 3.63) is 63.8 Å². The Hall–Kier alpha value is -3.24. The Labute approximate surface area is 197 Å². The van der Waals surface area contributed by atoms with Crippen molar-refractivity contribution < 1.29 is 28.4 Å². The molecule has 11 heteroatoms. The zero-order chi connectivity index (χ0) is 24.2. The third-order valence-electron chi connectivity index (χ3n) is 4.68. The topological polar surface area (TPSA) is 146 Å². The van der Waals surface area contributed by atoms with E-state index in [1.807, 2.05) is 6.07 Å². The monoisotopic (exact) mass is 529 g/mol. The van der Waals surface area contributed by atoms with Gasteiger partial charge < -0.3 is 14.5 Å². The number of nitrogens with zero attached hydrogens (tertiary/aromatic N) is 3. The predicted octanol–water partition coefficient (Wildman–Crippen LogP) is 4.49. The molecule has 0 bridgehead atoms. The van der Waals surface area contributed by atoms with E-state index in [0.29, 0.717) is 33.3 Å². The molecule has 2 aromatic carbocycles. The van der Waals surface area contributed by atoms with Crippen LogP contribution in [0.3, 0.4) is 0 Å². The van der Waals surface area contributed by atoms with E-state index in [-0.39, 0.29) is 12.0 Å². The van der Waals surface area contributed by atoms with Crippen LogP contribution in [0.5, 0.6) is 5.75 Å². The Bertz CT molecular complexity index is 1390. The number of nitriles is 2. The molecule has 1 heterocycles. The highest BCUT2D eigenvalue weighted by Crippen LogP contribution is 2.36. The first kappa shape index (κ1) is 24.4. The lowest BCUT2D eigenvalue weighted by molar-refractivity contribution is 0.0877. The molecule has 0 aliphatic rings. The van der Waals surface area contributed by atoms with Crippen LogP contribution in [0.15, 0.2) is 47.1 Å². The highest BCUT2D eigenvalue weighted by atomic mass is 79.9. The summed E-state index contributed by atoms with van der Waals surface area (Å²) in [5.41, 5.74) is 2.11. The second kappa shape index (κ2) is 10.1. The fourth-order valence-corrected chi connectivity index (χ4v) is 3.93. The molecule has 0 amide bonds. The summed E-state index contributed by atoms with van der Waals surface area (Å²) in [6, 6.07) is 14.2. The van der Waals surface area contributed by atoms with E-state index in [1.165, 1.54) is 17.9 Å². The molecule has 1 aromatic heterocycles. The van der Waals surface area contributed by atoms with Crippen LogP contribution in [0.1, 0.15) is 27.9 Å². The van der Waals surface area contributed by atoms with Gasteiger partial charge in [0.05, 0.1) is 48.9 Å². The number of hydrogen-bond acceptors (Lipinski definition) is 6. The maximum atomic E-state index is 12.8. The van der Waals surface area contributed by atoms with Crippen LogP contribution in [-0.4, -0.2) is 34.0 Å². The van der Waals surface area contributed by atoms with Gasteiger partial charge in [-0.2, -0.15) is 10.5 Å². The normalized spacial score (nSPS) is 11.8. The Morgan fingerprint density at radius 2 is 2.00 bits per heavy atom. The third kappa shape index (κ3) is 5.77. The highest BCUT2D eigenvalue weighted by molar-refractivity contribution is 9.10. The summed E-state index contributed by atoms with van der Waals surface area (Å²) in [5.74, 6) is 0.000649. The number of ether oxygens (including phenoxy) is 1. The molecule has 0 aliphatic heterocycles. The van der Waals surface area contributed by atoms with Gasteiger partial charge in [-0.25, -0.2) is 4.57 Å². The van der Waals surface area contributed by atoms with E-state index in [1.54, 1.807) is 42.5 Å². The molecule has 33 heavy (non-hydrogen) atoms. The van der Waals surface area contributed by atoms with Crippen molar-refractivity contribution in [3.63, 3.8) is 0 Å². The molecular weight excluding hydrogens is 513 g/mol. The molecule has 9 nitrogen and oxygen atoms in total. The lowest BCUT2D eigenvalue weighted by Crippen LogP contribution is -2.11. The Balaban J connectivity index is 2.11. The minimum atomic E-state index is -4.69. The van der Waals surface area contributed by atoms with Crippen LogP contribution in [-0.2, 0) is 9.09 Å². The molecule has 3 rings (SSSR count). The van der Waals surface area contributed by atoms with E-state index in [9.17, 15) is 19.9 Å². The van der Waals surface area contributed by atoms with E-state index in [4.69, 9.17) is 14.5 Å². The first-order chi connectivity index (χ1) is 15.7. The zero-order valence-electron chi connectivity index (χ0n) is 17.2. The van der Waals surface area contributed by atoms with Crippen molar-refractivity contribution in [1.29, 1.82) is 10.5 Å². The summed E-state index contributed by atoms with van der Waals surface area (Å²) in [6.07, 6.45) is 2.78. The molecule has 0 radical (unpaired) electrons. The zero-order valence-corrected chi connectivity index (χ0v) is 19.7. The van der Waals surface area contributed by atoms with Gasteiger partial charge in [0.15, 0.2) is 0 Å².